The van der Waals surface area contributed by atoms with Gasteiger partial charge in [-0.1, -0.05) is 29.5 Å². The average Bonchev–Trinajstić information content (AvgIpc) is 2.90. The van der Waals surface area contributed by atoms with E-state index >= 15 is 0 Å². The van der Waals surface area contributed by atoms with Gasteiger partial charge < -0.3 is 14.8 Å². The summed E-state index contributed by atoms with van der Waals surface area (Å²) in [4.78, 5) is 47.7. The number of aromatic nitrogens is 4. The molecule has 0 bridgehead atoms. The van der Waals surface area contributed by atoms with Crippen molar-refractivity contribution in [3.05, 3.63) is 68.4 Å². The lowest BCUT2D eigenvalue weighted by atomic mass is 10.1. The molecule has 0 saturated carbocycles. The lowest BCUT2D eigenvalue weighted by Crippen LogP contribution is -2.37. The zero-order valence-corrected chi connectivity index (χ0v) is 22.2. The first-order chi connectivity index (χ1) is 17.6. The summed E-state index contributed by atoms with van der Waals surface area (Å²) in [5, 5.41) is 3.36. The number of rotatable bonds is 7. The molecule has 2 aromatic heterocycles. The molecule has 0 spiro atoms. The highest BCUT2D eigenvalue weighted by molar-refractivity contribution is 8.00. The molecule has 0 radical (unpaired) electrons. The van der Waals surface area contributed by atoms with Gasteiger partial charge >= 0.3 is 5.69 Å². The van der Waals surface area contributed by atoms with E-state index in [1.165, 1.54) is 32.9 Å². The number of amides is 1. The SMILES string of the molecule is COc1ccc(-c2nc(SCC(=O)Nc3ccc(C)cc3C)c3c(=O)n(C)c(=O)n(C)c3n2)cc1OC. The van der Waals surface area contributed by atoms with E-state index in [9.17, 15) is 14.4 Å². The minimum Gasteiger partial charge on any atom is -0.493 e. The number of hydrogen-bond acceptors (Lipinski definition) is 8. The Balaban J connectivity index is 1.78. The van der Waals surface area contributed by atoms with Gasteiger partial charge in [-0.05, 0) is 43.7 Å². The minimum absolute atomic E-state index is 0.00318. The van der Waals surface area contributed by atoms with Gasteiger partial charge in [0.1, 0.15) is 10.4 Å². The van der Waals surface area contributed by atoms with Gasteiger partial charge in [-0.2, -0.15) is 0 Å². The van der Waals surface area contributed by atoms with Gasteiger partial charge in [-0.25, -0.2) is 14.8 Å². The Morgan fingerprint density at radius 3 is 2.38 bits per heavy atom. The van der Waals surface area contributed by atoms with E-state index in [4.69, 9.17) is 9.47 Å². The lowest BCUT2D eigenvalue weighted by molar-refractivity contribution is -0.113. The average molecular weight is 522 g/mol. The highest BCUT2D eigenvalue weighted by Crippen LogP contribution is 2.33. The van der Waals surface area contributed by atoms with Gasteiger partial charge in [0.2, 0.25) is 5.91 Å². The van der Waals surface area contributed by atoms with Crippen molar-refractivity contribution in [1.82, 2.24) is 19.1 Å². The summed E-state index contributed by atoms with van der Waals surface area (Å²) in [6.07, 6.45) is 0. The second-order valence-corrected chi connectivity index (χ2v) is 9.45. The fourth-order valence-electron chi connectivity index (χ4n) is 3.91. The molecular formula is C26H27N5O5S. The number of carbonyl (C=O) groups is 1. The predicted molar refractivity (Wildman–Crippen MR) is 144 cm³/mol. The summed E-state index contributed by atoms with van der Waals surface area (Å²) in [7, 11) is 5.99. The first-order valence-electron chi connectivity index (χ1n) is 11.3. The molecule has 0 aliphatic carbocycles. The van der Waals surface area contributed by atoms with Crippen LogP contribution in [0.4, 0.5) is 5.69 Å². The summed E-state index contributed by atoms with van der Waals surface area (Å²) in [5.41, 5.74) is 2.48. The topological polar surface area (TPSA) is 117 Å². The van der Waals surface area contributed by atoms with Crippen LogP contribution in [0.1, 0.15) is 11.1 Å². The predicted octanol–water partition coefficient (Wildman–Crippen LogP) is 3.06. The highest BCUT2D eigenvalue weighted by atomic mass is 32.2. The number of anilines is 1. The van der Waals surface area contributed by atoms with Crippen LogP contribution in [-0.2, 0) is 18.9 Å². The first-order valence-corrected chi connectivity index (χ1v) is 12.3. The van der Waals surface area contributed by atoms with E-state index in [0.29, 0.717) is 27.8 Å². The van der Waals surface area contributed by atoms with Crippen molar-refractivity contribution >= 4 is 34.4 Å². The Morgan fingerprint density at radius 1 is 0.973 bits per heavy atom. The monoisotopic (exact) mass is 521 g/mol. The van der Waals surface area contributed by atoms with E-state index in [0.717, 1.165) is 27.5 Å². The van der Waals surface area contributed by atoms with Crippen LogP contribution < -0.4 is 26.0 Å². The zero-order valence-electron chi connectivity index (χ0n) is 21.4. The summed E-state index contributed by atoms with van der Waals surface area (Å²) in [6, 6.07) is 10.9. The molecule has 0 atom stereocenters. The fourth-order valence-corrected chi connectivity index (χ4v) is 4.73. The molecule has 2 heterocycles. The lowest BCUT2D eigenvalue weighted by Gasteiger charge is -2.13. The number of nitrogens with one attached hydrogen (secondary N) is 1. The van der Waals surface area contributed by atoms with Crippen molar-refractivity contribution in [1.29, 1.82) is 0 Å². The third-order valence-electron chi connectivity index (χ3n) is 5.90. The number of ether oxygens (including phenoxy) is 2. The Bertz CT molecular complexity index is 1640. The van der Waals surface area contributed by atoms with Crippen molar-refractivity contribution < 1.29 is 14.3 Å². The quantitative estimate of drug-likeness (QED) is 0.291. The maximum absolute atomic E-state index is 13.1. The number of methoxy groups -OCH3 is 2. The van der Waals surface area contributed by atoms with Gasteiger partial charge in [0.05, 0.1) is 20.0 Å². The normalized spacial score (nSPS) is 11.0. The van der Waals surface area contributed by atoms with Crippen LogP contribution in [0.5, 0.6) is 11.5 Å². The van der Waals surface area contributed by atoms with Crippen LogP contribution in [0, 0.1) is 13.8 Å². The van der Waals surface area contributed by atoms with Crippen LogP contribution in [-0.4, -0.2) is 45.0 Å². The molecule has 1 amide bonds. The number of thioether (sulfide) groups is 1. The largest absolute Gasteiger partial charge is 0.493 e. The fraction of sp³-hybridized carbons (Fsp3) is 0.269. The Kier molecular flexibility index (Phi) is 7.35. The standard InChI is InChI=1S/C26H27N5O5S/c1-14-7-9-17(15(2)11-14)27-20(32)13-37-24-21-23(30(3)26(34)31(4)25(21)33)28-22(29-24)16-8-10-18(35-5)19(12-16)36-6/h7-12H,13H2,1-6H3,(H,27,32). The van der Waals surface area contributed by atoms with Crippen LogP contribution in [0.15, 0.2) is 51.0 Å². The Labute approximate surface area is 217 Å². The van der Waals surface area contributed by atoms with Crippen LogP contribution >= 0.6 is 11.8 Å². The van der Waals surface area contributed by atoms with E-state index in [1.54, 1.807) is 18.2 Å². The van der Waals surface area contributed by atoms with E-state index < -0.39 is 11.2 Å². The Hall–Kier alpha value is -4.12. The number of nitrogens with zero attached hydrogens (tertiary/aromatic N) is 4. The number of fused-ring (bicyclic) bond motifs is 1. The molecule has 0 aliphatic heterocycles. The van der Waals surface area contributed by atoms with Crippen molar-refractivity contribution in [2.45, 2.75) is 18.9 Å². The van der Waals surface area contributed by atoms with Crippen LogP contribution in [0.25, 0.3) is 22.4 Å². The zero-order chi connectivity index (χ0) is 26.9. The molecule has 2 aromatic carbocycles. The molecule has 0 fully saturated rings. The number of carbonyl (C=O) groups excluding carboxylic acids is 1. The minimum atomic E-state index is -0.533. The van der Waals surface area contributed by atoms with Crippen molar-refractivity contribution in [2.75, 3.05) is 25.3 Å². The van der Waals surface area contributed by atoms with E-state index in [-0.39, 0.29) is 28.5 Å². The van der Waals surface area contributed by atoms with E-state index in [2.05, 4.69) is 15.3 Å². The molecule has 192 valence electrons. The van der Waals surface area contributed by atoms with E-state index in [1.807, 2.05) is 32.0 Å². The van der Waals surface area contributed by atoms with Gasteiger partial charge in [0, 0.05) is 25.3 Å². The highest BCUT2D eigenvalue weighted by Gasteiger charge is 2.20. The Morgan fingerprint density at radius 2 is 1.70 bits per heavy atom. The summed E-state index contributed by atoms with van der Waals surface area (Å²) in [6.45, 7) is 3.91. The molecule has 4 aromatic rings. The molecule has 1 N–H and O–H groups in total. The second kappa shape index (κ2) is 10.5. The first kappa shape index (κ1) is 26.0. The van der Waals surface area contributed by atoms with Gasteiger partial charge in [0.15, 0.2) is 23.0 Å². The molecular weight excluding hydrogens is 494 g/mol. The summed E-state index contributed by atoms with van der Waals surface area (Å²) < 4.78 is 13.0. The molecule has 4 rings (SSSR count). The summed E-state index contributed by atoms with van der Waals surface area (Å²) >= 11 is 1.10. The smallest absolute Gasteiger partial charge is 0.332 e. The van der Waals surface area contributed by atoms with Crippen LogP contribution in [0.2, 0.25) is 0 Å². The number of benzene rings is 2. The van der Waals surface area contributed by atoms with Crippen LogP contribution in [0.3, 0.4) is 0 Å². The number of aryl methyl sites for hydroxylation is 3. The summed E-state index contributed by atoms with van der Waals surface area (Å²) in [5.74, 6) is 1.03. The van der Waals surface area contributed by atoms with Gasteiger partial charge in [-0.3, -0.25) is 18.7 Å². The molecule has 37 heavy (non-hydrogen) atoms. The maximum Gasteiger partial charge on any atom is 0.332 e. The molecule has 11 heteroatoms. The second-order valence-electron chi connectivity index (χ2n) is 8.48. The third kappa shape index (κ3) is 5.08. The van der Waals surface area contributed by atoms with Crippen molar-refractivity contribution in [3.63, 3.8) is 0 Å². The molecule has 0 aliphatic rings. The third-order valence-corrected chi connectivity index (χ3v) is 6.88. The van der Waals surface area contributed by atoms with Gasteiger partial charge in [0.25, 0.3) is 5.56 Å². The van der Waals surface area contributed by atoms with Crippen molar-refractivity contribution in [2.24, 2.45) is 14.1 Å². The number of hydrogen-bond donors (Lipinski definition) is 1. The molecule has 0 unspecified atom stereocenters. The molecule has 10 nitrogen and oxygen atoms in total. The van der Waals surface area contributed by atoms with Gasteiger partial charge in [-0.15, -0.1) is 0 Å². The maximum atomic E-state index is 13.1. The van der Waals surface area contributed by atoms with Crippen molar-refractivity contribution in [3.8, 4) is 22.9 Å². The molecule has 0 saturated heterocycles.